The quantitative estimate of drug-likeness (QED) is 0.0360. The van der Waals surface area contributed by atoms with Crippen molar-refractivity contribution < 1.29 is 183 Å². The molecule has 2 aliphatic rings. The minimum atomic E-state index is -0.787. The van der Waals surface area contributed by atoms with E-state index in [0.29, 0.717) is 30.5 Å². The Hall–Kier alpha value is -1.17. The van der Waals surface area contributed by atoms with Gasteiger partial charge in [0, 0.05) is 36.7 Å². The van der Waals surface area contributed by atoms with Crippen LogP contribution in [0.4, 0.5) is 0 Å². The molecule has 4 aromatic carbocycles. The average Bonchev–Trinajstić information content (AvgIpc) is 4.00. The van der Waals surface area contributed by atoms with Gasteiger partial charge in [0.25, 0.3) is 6.47 Å². The Kier molecular flexibility index (Phi) is 28.3. The van der Waals surface area contributed by atoms with E-state index in [-0.39, 0.29) is 186 Å². The number of carboxylic acid groups (broad SMARTS) is 1. The summed E-state index contributed by atoms with van der Waals surface area (Å²) in [4.78, 5) is 39.1. The molecule has 2 aliphatic carbocycles. The summed E-state index contributed by atoms with van der Waals surface area (Å²) in [5.74, 6) is -0.116. The number of esters is 1. The monoisotopic (exact) mass is 1360 g/mol. The molecule has 8 rings (SSSR count). The van der Waals surface area contributed by atoms with Gasteiger partial charge in [0.05, 0.1) is 19.4 Å². The minimum Gasteiger partial charge on any atom is -1.00 e. The van der Waals surface area contributed by atoms with Crippen LogP contribution in [0.25, 0.3) is 0 Å². The van der Waals surface area contributed by atoms with E-state index in [4.69, 9.17) is 19.5 Å². The first-order valence-corrected chi connectivity index (χ1v) is 27.8. The van der Waals surface area contributed by atoms with Crippen LogP contribution >= 0.6 is 38.6 Å². The molecule has 2 aromatic heterocycles. The largest absolute Gasteiger partial charge is 1.00 e. The Morgan fingerprint density at radius 2 is 1.07 bits per heavy atom. The number of thiophene rings is 2. The van der Waals surface area contributed by atoms with Gasteiger partial charge in [0.2, 0.25) is 0 Å². The Labute approximate surface area is 582 Å². The number of aromatic hydroxyl groups is 1. The standard InChI is InChI=1S/C29H34O3S.C16H18O3S.C15H21Br.CH2O3.2Cs.H/c1-19-6-13-26(33-19)23(17-27(30)31)21-8-10-22(11-9-21)32-18-20-7-12-24-25(16-20)29(4,5)15-14-28(24,2)3;1-3-19-16(18)10-14(15-9-4-11(2)20-15)12-5-7-13(17)8-6-12;1-14(2)7-8-15(3,4)13-9-11(10-16)5-6-12(13)14;2-1-4-3;;;/h6-13,16,23H,14-15,17-18H2,1-5H3,(H,30,31);4-9,14,17H,3,10H2,1-2H3;5-6,9H,7-8,10H2,1-4H3;1,3H;;;/q;;;;2*+1;-1/p-1. The fourth-order valence-corrected chi connectivity index (χ4v) is 12.1. The third-order valence-corrected chi connectivity index (χ3v) is 17.2. The second kappa shape index (κ2) is 31.2. The molecule has 2 N–H and O–H groups in total. The minimum absolute atomic E-state index is 0. The third kappa shape index (κ3) is 19.8. The SMILES string of the molecule is CC1(C)CCC(C)(C)c2cc(CBr)ccc21.CCOC(=O)CC(c1ccc(O)cc1)c1ccc(C)s1.Cc1ccc(C(CC(=O)O)c2ccc(OCc3ccc4c(c3)C(C)(C)CCC4(C)C)cc2)s1.O=CO[O-].[Cs+].[Cs+].[H-]. The summed E-state index contributed by atoms with van der Waals surface area (Å²) >= 11 is 6.90. The van der Waals surface area contributed by atoms with E-state index in [0.717, 1.165) is 32.0 Å². The zero-order valence-corrected chi connectivity index (χ0v) is 62.2. The topological polar surface area (TPSA) is 142 Å². The van der Waals surface area contributed by atoms with Gasteiger partial charge in [-0.1, -0.05) is 132 Å². The maximum atomic E-state index is 11.8. The predicted octanol–water partition coefficient (Wildman–Crippen LogP) is 8.92. The van der Waals surface area contributed by atoms with Crippen molar-refractivity contribution in [3.63, 3.8) is 0 Å². The van der Waals surface area contributed by atoms with Gasteiger partial charge in [0.1, 0.15) is 18.1 Å². The molecule has 0 fully saturated rings. The number of carboxylic acids is 1. The number of hydrogen-bond acceptors (Lipinski definition) is 10. The van der Waals surface area contributed by atoms with E-state index < -0.39 is 5.97 Å². The third-order valence-electron chi connectivity index (χ3n) is 14.3. The van der Waals surface area contributed by atoms with Gasteiger partial charge in [0.15, 0.2) is 0 Å². The van der Waals surface area contributed by atoms with Crippen molar-refractivity contribution in [3.8, 4) is 11.5 Å². The number of ether oxygens (including phenoxy) is 2. The Balaban J connectivity index is 0.000000395. The summed E-state index contributed by atoms with van der Waals surface area (Å²) < 4.78 is 11.2. The molecule has 0 saturated heterocycles. The van der Waals surface area contributed by atoms with Crippen molar-refractivity contribution in [2.75, 3.05) is 6.61 Å². The number of fused-ring (bicyclic) bond motifs is 2. The van der Waals surface area contributed by atoms with Crippen LogP contribution in [0.15, 0.2) is 109 Å². The molecular weight excluding hydrogens is 1290 g/mol. The molecule has 2 heterocycles. The summed E-state index contributed by atoms with van der Waals surface area (Å²) in [6.45, 7) is 25.5. The van der Waals surface area contributed by atoms with E-state index in [1.165, 1.54) is 57.7 Å². The molecule has 0 amide bonds. The van der Waals surface area contributed by atoms with E-state index in [1.807, 2.05) is 69.3 Å². The zero-order chi connectivity index (χ0) is 53.7. The molecule has 2 unspecified atom stereocenters. The van der Waals surface area contributed by atoms with Gasteiger partial charge in [-0.05, 0) is 161 Å². The maximum Gasteiger partial charge on any atom is 1.00 e. The first-order valence-electron chi connectivity index (χ1n) is 25.0. The molecular formula is C61H75BrCs2O9S2. The van der Waals surface area contributed by atoms with Crippen LogP contribution in [0.1, 0.15) is 178 Å². The zero-order valence-electron chi connectivity index (χ0n) is 47.4. The van der Waals surface area contributed by atoms with E-state index >= 15 is 0 Å². The van der Waals surface area contributed by atoms with Crippen LogP contribution in [-0.4, -0.2) is 35.2 Å². The molecule has 75 heavy (non-hydrogen) atoms. The first-order chi connectivity index (χ1) is 34.4. The number of carbonyl (C=O) groups is 3. The molecule has 14 heteroatoms. The number of benzene rings is 4. The second-order valence-electron chi connectivity index (χ2n) is 21.7. The second-order valence-corrected chi connectivity index (χ2v) is 24.9. The van der Waals surface area contributed by atoms with Crippen LogP contribution in [0.5, 0.6) is 11.5 Å². The van der Waals surface area contributed by atoms with E-state index in [1.54, 1.807) is 45.9 Å². The number of aryl methyl sites for hydroxylation is 2. The van der Waals surface area contributed by atoms with Crippen molar-refractivity contribution in [2.24, 2.45) is 0 Å². The van der Waals surface area contributed by atoms with E-state index in [9.17, 15) is 19.8 Å². The number of phenolic OH excluding ortho intramolecular Hbond substituents is 1. The average molecular weight is 1360 g/mol. The number of aliphatic carboxylic acids is 1. The molecule has 9 nitrogen and oxygen atoms in total. The van der Waals surface area contributed by atoms with Gasteiger partial charge < -0.3 is 31.3 Å². The van der Waals surface area contributed by atoms with Crippen molar-refractivity contribution in [3.05, 3.63) is 173 Å². The molecule has 0 saturated carbocycles. The van der Waals surface area contributed by atoms with Gasteiger partial charge >= 0.3 is 150 Å². The van der Waals surface area contributed by atoms with Crippen molar-refractivity contribution in [1.82, 2.24) is 0 Å². The normalized spacial score (nSPS) is 15.7. The summed E-state index contributed by atoms with van der Waals surface area (Å²) in [5, 5.41) is 28.2. The number of rotatable bonds is 14. The van der Waals surface area contributed by atoms with Crippen LogP contribution in [0.2, 0.25) is 0 Å². The Morgan fingerprint density at radius 1 is 0.653 bits per heavy atom. The van der Waals surface area contributed by atoms with Gasteiger partial charge in [-0.25, -0.2) is 0 Å². The van der Waals surface area contributed by atoms with Crippen LogP contribution in [-0.2, 0) is 57.6 Å². The number of halogens is 1. The Bertz CT molecular complexity index is 2770. The van der Waals surface area contributed by atoms with Crippen molar-refractivity contribution in [2.45, 2.75) is 160 Å². The summed E-state index contributed by atoms with van der Waals surface area (Å²) in [7, 11) is 0. The van der Waals surface area contributed by atoms with Crippen molar-refractivity contribution >= 4 is 57.0 Å². The predicted molar refractivity (Wildman–Crippen MR) is 299 cm³/mol. The Morgan fingerprint density at radius 3 is 1.47 bits per heavy atom. The summed E-state index contributed by atoms with van der Waals surface area (Å²) in [6, 6.07) is 36.9. The molecule has 6 aromatic rings. The number of hydrogen-bond donors (Lipinski definition) is 2. The van der Waals surface area contributed by atoms with Gasteiger partial charge in [-0.2, -0.15) is 0 Å². The maximum absolute atomic E-state index is 11.8. The molecule has 0 aliphatic heterocycles. The fourth-order valence-electron chi connectivity index (χ4n) is 9.72. The molecule has 0 bridgehead atoms. The molecule has 2 atom stereocenters. The molecule has 394 valence electrons. The van der Waals surface area contributed by atoms with Crippen LogP contribution in [0.3, 0.4) is 0 Å². The molecule has 0 radical (unpaired) electrons. The number of carbonyl (C=O) groups excluding carboxylic acids is 2. The molecule has 0 spiro atoms. The van der Waals surface area contributed by atoms with Gasteiger partial charge in [-0.15, -0.1) is 22.7 Å². The van der Waals surface area contributed by atoms with Crippen LogP contribution < -0.4 is 148 Å². The van der Waals surface area contributed by atoms with Crippen LogP contribution in [0, 0.1) is 13.8 Å². The summed E-state index contributed by atoms with van der Waals surface area (Å²) in [6.07, 6.45) is 5.39. The fraction of sp³-hybridized carbons (Fsp3) is 0.426. The van der Waals surface area contributed by atoms with E-state index in [2.05, 4.69) is 125 Å². The smallest absolute Gasteiger partial charge is 1.00 e. The number of alkyl halides is 1. The summed E-state index contributed by atoms with van der Waals surface area (Å²) in [5.41, 5.74) is 11.7. The number of phenols is 1. The first kappa shape index (κ1) is 68.1. The van der Waals surface area contributed by atoms with Crippen molar-refractivity contribution in [1.29, 1.82) is 0 Å². The van der Waals surface area contributed by atoms with Gasteiger partial charge in [-0.3, -0.25) is 14.4 Å².